The number of unbranched alkanes of at least 4 members (excludes halogenated alkanes) is 18. The Morgan fingerprint density at radius 2 is 0.886 bits per heavy atom. The van der Waals surface area contributed by atoms with Gasteiger partial charge in [0, 0.05) is 6.42 Å². The summed E-state index contributed by atoms with van der Waals surface area (Å²) in [4.78, 5) is 25.5. The van der Waals surface area contributed by atoms with Gasteiger partial charge in [0.2, 0.25) is 5.91 Å². The van der Waals surface area contributed by atoms with Crippen molar-refractivity contribution in [2.75, 3.05) is 40.9 Å². The number of allylic oxidation sites excluding steroid dienone is 19. The van der Waals surface area contributed by atoms with E-state index in [-0.39, 0.29) is 12.5 Å². The molecule has 0 bridgehead atoms. The van der Waals surface area contributed by atoms with Crippen molar-refractivity contribution in [1.29, 1.82) is 0 Å². The van der Waals surface area contributed by atoms with E-state index in [2.05, 4.69) is 129 Å². The number of nitrogens with one attached hydrogen (secondary N) is 1. The molecule has 0 saturated heterocycles. The summed E-state index contributed by atoms with van der Waals surface area (Å²) in [5.74, 6) is -0.237. The molecule has 0 fully saturated rings. The van der Waals surface area contributed by atoms with Crippen LogP contribution in [0, 0.1) is 0 Å². The molecule has 1 amide bonds. The molecule has 0 aromatic rings. The highest BCUT2D eigenvalue weighted by atomic mass is 31.2. The Kier molecular flexibility index (Phi) is 48.6. The van der Waals surface area contributed by atoms with E-state index < -0.39 is 26.6 Å². The number of carbonyl (C=O) groups is 1. The van der Waals surface area contributed by atoms with Gasteiger partial charge in [-0.15, -0.1) is 0 Å². The van der Waals surface area contributed by atoms with Crippen molar-refractivity contribution in [3.8, 4) is 0 Å². The normalized spacial score (nSPS) is 14.9. The van der Waals surface area contributed by atoms with E-state index in [1.54, 1.807) is 6.08 Å². The van der Waals surface area contributed by atoms with Crippen LogP contribution in [0.1, 0.15) is 206 Å². The second-order valence-corrected chi connectivity index (χ2v) is 21.0. The van der Waals surface area contributed by atoms with Crippen LogP contribution < -0.4 is 10.2 Å². The first-order valence-electron chi connectivity index (χ1n) is 27.9. The summed E-state index contributed by atoms with van der Waals surface area (Å²) in [6, 6.07) is -0.927. The molecule has 8 nitrogen and oxygen atoms in total. The van der Waals surface area contributed by atoms with Crippen molar-refractivity contribution in [2.24, 2.45) is 0 Å². The van der Waals surface area contributed by atoms with E-state index in [1.807, 2.05) is 27.2 Å². The predicted molar refractivity (Wildman–Crippen MR) is 302 cm³/mol. The van der Waals surface area contributed by atoms with Crippen molar-refractivity contribution in [3.63, 3.8) is 0 Å². The van der Waals surface area contributed by atoms with Crippen LogP contribution in [-0.2, 0) is 18.4 Å². The van der Waals surface area contributed by atoms with E-state index in [0.29, 0.717) is 23.9 Å². The molecule has 0 aliphatic rings. The SMILES string of the molecule is CC/C=C\C/C=C\C/C=C\C/C=C\C/C=C\C/C=C\C/C=C\C/C=C\CCCCCCC(=O)NC(COP(=O)([O-])OCC[N+](C)(C)C)C(O)/C=C/CC/C=C/CCCCCCCCCCCCCCC. The van der Waals surface area contributed by atoms with Gasteiger partial charge in [0.1, 0.15) is 13.2 Å². The van der Waals surface area contributed by atoms with Crippen LogP contribution in [0.2, 0.25) is 0 Å². The molecule has 0 rings (SSSR count). The molecule has 0 spiro atoms. The van der Waals surface area contributed by atoms with Gasteiger partial charge >= 0.3 is 0 Å². The third kappa shape index (κ3) is 52.7. The van der Waals surface area contributed by atoms with Crippen LogP contribution in [0.15, 0.2) is 122 Å². The molecule has 0 aliphatic heterocycles. The number of rotatable bonds is 49. The van der Waals surface area contributed by atoms with E-state index in [0.717, 1.165) is 96.3 Å². The molecule has 0 aromatic heterocycles. The van der Waals surface area contributed by atoms with E-state index in [9.17, 15) is 19.4 Å². The fourth-order valence-corrected chi connectivity index (χ4v) is 8.02. The molecule has 0 saturated carbocycles. The van der Waals surface area contributed by atoms with Crippen LogP contribution in [0.25, 0.3) is 0 Å². The maximum absolute atomic E-state index is 12.9. The monoisotopic (exact) mass is 993 g/mol. The zero-order valence-corrected chi connectivity index (χ0v) is 46.3. The molecule has 0 aliphatic carbocycles. The third-order valence-electron chi connectivity index (χ3n) is 11.7. The number of aliphatic hydroxyl groups excluding tert-OH is 1. The Morgan fingerprint density at radius 1 is 0.514 bits per heavy atom. The van der Waals surface area contributed by atoms with Crippen molar-refractivity contribution < 1.29 is 32.9 Å². The Bertz CT molecular complexity index is 1550. The number of nitrogens with zero attached hydrogens (tertiary/aromatic N) is 1. The zero-order valence-electron chi connectivity index (χ0n) is 45.4. The van der Waals surface area contributed by atoms with Gasteiger partial charge in [0.15, 0.2) is 0 Å². The van der Waals surface area contributed by atoms with Gasteiger partial charge in [0.05, 0.1) is 39.9 Å². The highest BCUT2D eigenvalue weighted by molar-refractivity contribution is 7.45. The Morgan fingerprint density at radius 3 is 1.33 bits per heavy atom. The van der Waals surface area contributed by atoms with Crippen LogP contribution >= 0.6 is 7.82 Å². The van der Waals surface area contributed by atoms with Gasteiger partial charge in [-0.1, -0.05) is 225 Å². The number of amides is 1. The fourth-order valence-electron chi connectivity index (χ4n) is 7.30. The second-order valence-electron chi connectivity index (χ2n) is 19.5. The fraction of sp³-hybridized carbons (Fsp3) is 0.656. The van der Waals surface area contributed by atoms with Gasteiger partial charge in [-0.2, -0.15) is 0 Å². The van der Waals surface area contributed by atoms with E-state index in [1.165, 1.54) is 83.5 Å². The number of aliphatic hydroxyl groups is 1. The minimum atomic E-state index is -4.62. The van der Waals surface area contributed by atoms with Gasteiger partial charge in [0.25, 0.3) is 7.82 Å². The number of carbonyl (C=O) groups excluding carboxylic acids is 1. The number of quaternary nitrogens is 1. The molecular formula is C61H105N2O6P. The molecular weight excluding hydrogens is 888 g/mol. The minimum Gasteiger partial charge on any atom is -0.756 e. The van der Waals surface area contributed by atoms with Crippen LogP contribution in [-0.4, -0.2) is 68.5 Å². The lowest BCUT2D eigenvalue weighted by Crippen LogP contribution is -2.45. The molecule has 0 aromatic carbocycles. The lowest BCUT2D eigenvalue weighted by atomic mass is 10.0. The smallest absolute Gasteiger partial charge is 0.268 e. The minimum absolute atomic E-state index is 0.0186. The molecule has 0 heterocycles. The number of phosphoric acid groups is 1. The second kappa shape index (κ2) is 50.8. The molecule has 3 unspecified atom stereocenters. The first-order chi connectivity index (χ1) is 34.0. The van der Waals surface area contributed by atoms with Gasteiger partial charge in [-0.05, 0) is 96.3 Å². The maximum atomic E-state index is 12.9. The van der Waals surface area contributed by atoms with Crippen molar-refractivity contribution in [1.82, 2.24) is 5.32 Å². The van der Waals surface area contributed by atoms with Crippen molar-refractivity contribution in [3.05, 3.63) is 122 Å². The van der Waals surface area contributed by atoms with Gasteiger partial charge in [-0.25, -0.2) is 0 Å². The summed E-state index contributed by atoms with van der Waals surface area (Å²) in [5.41, 5.74) is 0. The predicted octanol–water partition coefficient (Wildman–Crippen LogP) is 16.3. The summed E-state index contributed by atoms with van der Waals surface area (Å²) in [6.07, 6.45) is 75.5. The molecule has 2 N–H and O–H groups in total. The molecule has 400 valence electrons. The first kappa shape index (κ1) is 66.9. The number of hydrogen-bond donors (Lipinski definition) is 2. The van der Waals surface area contributed by atoms with Crippen LogP contribution in [0.5, 0.6) is 0 Å². The topological polar surface area (TPSA) is 108 Å². The van der Waals surface area contributed by atoms with Gasteiger partial charge < -0.3 is 28.8 Å². The number of hydrogen-bond acceptors (Lipinski definition) is 6. The third-order valence-corrected chi connectivity index (χ3v) is 12.6. The number of phosphoric ester groups is 1. The van der Waals surface area contributed by atoms with E-state index >= 15 is 0 Å². The average Bonchev–Trinajstić information content (AvgIpc) is 3.32. The zero-order chi connectivity index (χ0) is 51.3. The highest BCUT2D eigenvalue weighted by Gasteiger charge is 2.23. The van der Waals surface area contributed by atoms with Crippen molar-refractivity contribution in [2.45, 2.75) is 219 Å². The van der Waals surface area contributed by atoms with Gasteiger partial charge in [-0.3, -0.25) is 9.36 Å². The lowest BCUT2D eigenvalue weighted by Gasteiger charge is -2.29. The Balaban J connectivity index is 4.38. The largest absolute Gasteiger partial charge is 0.756 e. The van der Waals surface area contributed by atoms with E-state index in [4.69, 9.17) is 9.05 Å². The molecule has 70 heavy (non-hydrogen) atoms. The van der Waals surface area contributed by atoms with Crippen LogP contribution in [0.4, 0.5) is 0 Å². The van der Waals surface area contributed by atoms with Crippen LogP contribution in [0.3, 0.4) is 0 Å². The Labute approximate surface area is 431 Å². The lowest BCUT2D eigenvalue weighted by molar-refractivity contribution is -0.870. The summed E-state index contributed by atoms with van der Waals surface area (Å²) in [7, 11) is 1.21. The highest BCUT2D eigenvalue weighted by Crippen LogP contribution is 2.38. The molecule has 0 radical (unpaired) electrons. The first-order valence-corrected chi connectivity index (χ1v) is 29.4. The summed E-state index contributed by atoms with van der Waals surface area (Å²) < 4.78 is 23.3. The summed E-state index contributed by atoms with van der Waals surface area (Å²) >= 11 is 0. The number of likely N-dealkylation sites (N-methyl/N-ethyl adjacent to an activating group) is 1. The van der Waals surface area contributed by atoms with Crippen molar-refractivity contribution >= 4 is 13.7 Å². The standard InChI is InChI=1S/C61H105N2O6P/c1-6-8-10-12-14-16-18-20-22-24-26-27-28-29-30-31-32-33-34-35-37-39-41-43-45-47-49-51-53-55-61(65)62-59(58-69-70(66,67)68-57-56-63(3,4)5)60(64)54-52-50-48-46-44-42-40-38-36-25-23-21-19-17-15-13-11-9-7-2/h8,10,14,16,20,22,26-27,29-30,32-33,35,37,41,43-44,46,52,54,59-60,64H,6-7,9,11-13,15,17-19,21,23-25,28,31,34,36,38-40,42,45,47-51,53,55-58H2,1-5H3,(H-,62,65,66,67)/b10-8-,16-14-,22-20-,27-26-,30-29-,33-32-,37-35-,43-41-,46-44+,54-52+. The quantitative estimate of drug-likeness (QED) is 0.0272. The molecule has 9 heteroatoms. The maximum Gasteiger partial charge on any atom is 0.268 e. The Hall–Kier alpha value is -3.10. The summed E-state index contributed by atoms with van der Waals surface area (Å²) in [6.45, 7) is 4.48. The molecule has 3 atom stereocenters. The summed E-state index contributed by atoms with van der Waals surface area (Å²) in [5, 5.41) is 13.8. The average molecular weight is 993 g/mol.